The molecule has 0 saturated carbocycles. The Bertz CT molecular complexity index is 454. The minimum atomic E-state index is -0.178. The van der Waals surface area contributed by atoms with Gasteiger partial charge in [0, 0.05) is 17.0 Å². The highest BCUT2D eigenvalue weighted by Crippen LogP contribution is 2.18. The van der Waals surface area contributed by atoms with E-state index in [1.165, 1.54) is 0 Å². The van der Waals surface area contributed by atoms with E-state index in [0.29, 0.717) is 11.7 Å². The average molecular weight is 313 g/mol. The van der Waals surface area contributed by atoms with Crippen molar-refractivity contribution < 1.29 is 9.90 Å². The summed E-state index contributed by atoms with van der Waals surface area (Å²) >= 11 is 1.55. The van der Waals surface area contributed by atoms with Gasteiger partial charge in [-0.1, -0.05) is 13.8 Å². The zero-order valence-electron chi connectivity index (χ0n) is 13.6. The highest BCUT2D eigenvalue weighted by atomic mass is 32.2. The Morgan fingerprint density at radius 3 is 2.57 bits per heavy atom. The van der Waals surface area contributed by atoms with Gasteiger partial charge in [0.2, 0.25) is 0 Å². The van der Waals surface area contributed by atoms with Crippen molar-refractivity contribution in [1.29, 1.82) is 0 Å². The number of hydrogen-bond acceptors (Lipinski definition) is 4. The quantitative estimate of drug-likeness (QED) is 0.773. The number of aliphatic hydroxyl groups excluding tert-OH is 1. The SMILES string of the molecule is CCC(CC)n1nc(C(=O)NC(C)C(CO)SC)cc1C. The van der Waals surface area contributed by atoms with E-state index in [1.807, 2.05) is 30.9 Å². The van der Waals surface area contributed by atoms with E-state index < -0.39 is 0 Å². The van der Waals surface area contributed by atoms with Gasteiger partial charge < -0.3 is 10.4 Å². The van der Waals surface area contributed by atoms with Crippen LogP contribution in [0.3, 0.4) is 0 Å². The predicted octanol–water partition coefficient (Wildman–Crippen LogP) is 2.39. The van der Waals surface area contributed by atoms with Crippen molar-refractivity contribution in [2.75, 3.05) is 12.9 Å². The Labute approximate surface area is 131 Å². The van der Waals surface area contributed by atoms with Crippen molar-refractivity contribution in [2.45, 2.75) is 57.9 Å². The van der Waals surface area contributed by atoms with Gasteiger partial charge in [-0.15, -0.1) is 0 Å². The molecule has 1 aromatic rings. The van der Waals surface area contributed by atoms with Crippen LogP contribution in [0.1, 0.15) is 55.8 Å². The molecule has 2 N–H and O–H groups in total. The summed E-state index contributed by atoms with van der Waals surface area (Å²) in [6.45, 7) is 8.18. The maximum absolute atomic E-state index is 12.3. The number of aryl methyl sites for hydroxylation is 1. The van der Waals surface area contributed by atoms with Gasteiger partial charge >= 0.3 is 0 Å². The second kappa shape index (κ2) is 8.44. The average Bonchev–Trinajstić information content (AvgIpc) is 2.84. The summed E-state index contributed by atoms with van der Waals surface area (Å²) in [5.41, 5.74) is 1.45. The smallest absolute Gasteiger partial charge is 0.272 e. The first kappa shape index (κ1) is 18.0. The van der Waals surface area contributed by atoms with E-state index in [9.17, 15) is 9.90 Å². The molecule has 0 fully saturated rings. The van der Waals surface area contributed by atoms with Crippen LogP contribution in [-0.4, -0.2) is 44.9 Å². The van der Waals surface area contributed by atoms with Crippen molar-refractivity contribution in [2.24, 2.45) is 0 Å². The number of aromatic nitrogens is 2. The third-order valence-electron chi connectivity index (χ3n) is 3.84. The Morgan fingerprint density at radius 2 is 2.10 bits per heavy atom. The number of hydrogen-bond donors (Lipinski definition) is 2. The molecule has 120 valence electrons. The summed E-state index contributed by atoms with van der Waals surface area (Å²) in [5.74, 6) is -0.178. The summed E-state index contributed by atoms with van der Waals surface area (Å²) in [6.07, 6.45) is 3.92. The van der Waals surface area contributed by atoms with Gasteiger partial charge in [0.05, 0.1) is 12.6 Å². The highest BCUT2D eigenvalue weighted by molar-refractivity contribution is 7.99. The molecule has 0 aromatic carbocycles. The summed E-state index contributed by atoms with van der Waals surface area (Å²) < 4.78 is 1.94. The first-order chi connectivity index (χ1) is 9.98. The Morgan fingerprint density at radius 1 is 1.48 bits per heavy atom. The number of aliphatic hydroxyl groups is 1. The molecule has 1 aromatic heterocycles. The lowest BCUT2D eigenvalue weighted by atomic mass is 10.2. The van der Waals surface area contributed by atoms with Gasteiger partial charge in [-0.2, -0.15) is 16.9 Å². The van der Waals surface area contributed by atoms with E-state index in [2.05, 4.69) is 24.3 Å². The number of amides is 1. The first-order valence-electron chi connectivity index (χ1n) is 7.49. The van der Waals surface area contributed by atoms with Crippen LogP contribution in [-0.2, 0) is 0 Å². The fourth-order valence-corrected chi connectivity index (χ4v) is 3.04. The molecule has 0 aliphatic rings. The van der Waals surface area contributed by atoms with E-state index in [-0.39, 0.29) is 23.8 Å². The molecule has 0 saturated heterocycles. The molecule has 0 spiro atoms. The van der Waals surface area contributed by atoms with Crippen LogP contribution in [0.4, 0.5) is 0 Å². The lowest BCUT2D eigenvalue weighted by Crippen LogP contribution is -2.41. The van der Waals surface area contributed by atoms with Crippen LogP contribution < -0.4 is 5.32 Å². The minimum absolute atomic E-state index is 0.00355. The van der Waals surface area contributed by atoms with E-state index >= 15 is 0 Å². The molecular formula is C15H27N3O2S. The number of thioether (sulfide) groups is 1. The zero-order chi connectivity index (χ0) is 16.0. The maximum Gasteiger partial charge on any atom is 0.272 e. The highest BCUT2D eigenvalue weighted by Gasteiger charge is 2.21. The van der Waals surface area contributed by atoms with Gasteiger partial charge in [0.25, 0.3) is 5.91 Å². The van der Waals surface area contributed by atoms with Crippen LogP contribution >= 0.6 is 11.8 Å². The monoisotopic (exact) mass is 313 g/mol. The second-order valence-electron chi connectivity index (χ2n) is 5.30. The summed E-state index contributed by atoms with van der Waals surface area (Å²) in [4.78, 5) is 12.3. The molecule has 0 aliphatic carbocycles. The van der Waals surface area contributed by atoms with Crippen LogP contribution in [0.5, 0.6) is 0 Å². The molecule has 1 amide bonds. The maximum atomic E-state index is 12.3. The van der Waals surface area contributed by atoms with Crippen LogP contribution in [0.15, 0.2) is 6.07 Å². The van der Waals surface area contributed by atoms with Crippen molar-refractivity contribution in [1.82, 2.24) is 15.1 Å². The van der Waals surface area contributed by atoms with Crippen molar-refractivity contribution >= 4 is 17.7 Å². The van der Waals surface area contributed by atoms with Crippen molar-refractivity contribution in [3.8, 4) is 0 Å². The predicted molar refractivity (Wildman–Crippen MR) is 87.9 cm³/mol. The fourth-order valence-electron chi connectivity index (χ4n) is 2.41. The molecule has 2 unspecified atom stereocenters. The molecule has 1 rings (SSSR count). The summed E-state index contributed by atoms with van der Waals surface area (Å²) in [7, 11) is 0. The summed E-state index contributed by atoms with van der Waals surface area (Å²) in [6, 6.07) is 2.06. The molecule has 0 bridgehead atoms. The van der Waals surface area contributed by atoms with E-state index in [4.69, 9.17) is 0 Å². The number of nitrogens with zero attached hydrogens (tertiary/aromatic N) is 2. The molecule has 1 heterocycles. The Hall–Kier alpha value is -1.01. The Balaban J connectivity index is 2.82. The lowest BCUT2D eigenvalue weighted by molar-refractivity contribution is 0.0929. The molecule has 0 radical (unpaired) electrons. The number of rotatable bonds is 8. The van der Waals surface area contributed by atoms with E-state index in [1.54, 1.807) is 11.8 Å². The first-order valence-corrected chi connectivity index (χ1v) is 8.77. The van der Waals surface area contributed by atoms with E-state index in [0.717, 1.165) is 18.5 Å². The van der Waals surface area contributed by atoms with Crippen LogP contribution in [0.25, 0.3) is 0 Å². The van der Waals surface area contributed by atoms with Crippen molar-refractivity contribution in [3.05, 3.63) is 17.5 Å². The third-order valence-corrected chi connectivity index (χ3v) is 5.01. The van der Waals surface area contributed by atoms with Crippen LogP contribution in [0.2, 0.25) is 0 Å². The van der Waals surface area contributed by atoms with Gasteiger partial charge in [-0.25, -0.2) is 0 Å². The number of carbonyl (C=O) groups is 1. The van der Waals surface area contributed by atoms with Crippen LogP contribution in [0, 0.1) is 6.92 Å². The largest absolute Gasteiger partial charge is 0.395 e. The lowest BCUT2D eigenvalue weighted by Gasteiger charge is -2.20. The third kappa shape index (κ3) is 4.48. The second-order valence-corrected chi connectivity index (χ2v) is 6.38. The molecule has 6 heteroatoms. The topological polar surface area (TPSA) is 67.2 Å². The minimum Gasteiger partial charge on any atom is -0.395 e. The summed E-state index contributed by atoms with van der Waals surface area (Å²) in [5, 5.41) is 16.6. The van der Waals surface area contributed by atoms with Gasteiger partial charge in [-0.05, 0) is 39.0 Å². The normalized spacial score (nSPS) is 14.2. The molecule has 5 nitrogen and oxygen atoms in total. The molecule has 0 aliphatic heterocycles. The zero-order valence-corrected chi connectivity index (χ0v) is 14.4. The standard InChI is InChI=1S/C15H27N3O2S/c1-6-12(7-2)18-10(3)8-13(17-18)15(20)16-11(4)14(9-19)21-5/h8,11-12,14,19H,6-7,9H2,1-5H3,(H,16,20). The number of nitrogens with one attached hydrogen (secondary N) is 1. The fraction of sp³-hybridized carbons (Fsp3) is 0.733. The van der Waals surface area contributed by atoms with Gasteiger partial charge in [0.15, 0.2) is 0 Å². The molecule has 21 heavy (non-hydrogen) atoms. The van der Waals surface area contributed by atoms with Crippen molar-refractivity contribution in [3.63, 3.8) is 0 Å². The molecule has 2 atom stereocenters. The number of carbonyl (C=O) groups excluding carboxylic acids is 1. The van der Waals surface area contributed by atoms with Gasteiger partial charge in [-0.3, -0.25) is 9.48 Å². The Kier molecular flexibility index (Phi) is 7.25. The van der Waals surface area contributed by atoms with Gasteiger partial charge in [0.1, 0.15) is 5.69 Å². The molecular weight excluding hydrogens is 286 g/mol.